The number of aryl methyl sites for hydroxylation is 2. The summed E-state index contributed by atoms with van der Waals surface area (Å²) in [4.78, 5) is 1.87. The van der Waals surface area contributed by atoms with Crippen LogP contribution in [0.5, 0.6) is 0 Å². The first-order valence-corrected chi connectivity index (χ1v) is 5.11. The second kappa shape index (κ2) is 4.52. The molecule has 0 amide bonds. The van der Waals surface area contributed by atoms with Gasteiger partial charge in [-0.1, -0.05) is 0 Å². The number of nitrogens with one attached hydrogen (secondary N) is 1. The van der Waals surface area contributed by atoms with E-state index in [0.717, 1.165) is 11.5 Å². The number of nitrogens with zero attached hydrogens (tertiary/aromatic N) is 3. The zero-order valence-corrected chi connectivity index (χ0v) is 10.2. The zero-order chi connectivity index (χ0) is 12.5. The molecule has 0 bridgehead atoms. The van der Waals surface area contributed by atoms with Gasteiger partial charge in [0.05, 0.1) is 23.9 Å². The molecule has 1 aromatic heterocycles. The summed E-state index contributed by atoms with van der Waals surface area (Å²) in [6.45, 7) is 3.75. The van der Waals surface area contributed by atoms with Crippen molar-refractivity contribution in [1.29, 1.82) is 5.41 Å². The van der Waals surface area contributed by atoms with E-state index in [2.05, 4.69) is 5.10 Å². The van der Waals surface area contributed by atoms with Gasteiger partial charge < -0.3 is 15.7 Å². The van der Waals surface area contributed by atoms with Gasteiger partial charge >= 0.3 is 0 Å². The molecule has 6 nitrogen and oxygen atoms in total. The largest absolute Gasteiger partial charge is 0.394 e. The lowest BCUT2D eigenvalue weighted by Crippen LogP contribution is -2.34. The summed E-state index contributed by atoms with van der Waals surface area (Å²) in [7, 11) is 3.65. The van der Waals surface area contributed by atoms with Crippen LogP contribution in [-0.2, 0) is 7.05 Å². The molecule has 0 fully saturated rings. The molecule has 0 spiro atoms. The molecule has 90 valence electrons. The number of hydrogen-bond donors (Lipinski definition) is 3. The third-order valence-electron chi connectivity index (χ3n) is 2.72. The Bertz CT molecular complexity index is 398. The second-order valence-corrected chi connectivity index (χ2v) is 3.96. The van der Waals surface area contributed by atoms with E-state index in [1.807, 2.05) is 25.8 Å². The summed E-state index contributed by atoms with van der Waals surface area (Å²) < 4.78 is 1.68. The Morgan fingerprint density at radius 3 is 2.69 bits per heavy atom. The Kier molecular flexibility index (Phi) is 3.54. The van der Waals surface area contributed by atoms with Gasteiger partial charge in [-0.3, -0.25) is 10.1 Å². The summed E-state index contributed by atoms with van der Waals surface area (Å²) in [5.41, 5.74) is 6.90. The minimum absolute atomic E-state index is 0.00223. The molecule has 0 aliphatic heterocycles. The highest BCUT2D eigenvalue weighted by Gasteiger charge is 2.21. The molecule has 1 rings (SSSR count). The standard InChI is InChI=1S/C10H19N5O/c1-6(5-16)14(3)10-8(9(11)12)7(2)13-15(10)4/h6,16H,5H2,1-4H3,(H3,11,12). The molecule has 1 aromatic rings. The molecular weight excluding hydrogens is 206 g/mol. The molecule has 0 aliphatic carbocycles. The number of nitrogens with two attached hydrogens (primary N) is 1. The van der Waals surface area contributed by atoms with Gasteiger partial charge in [-0.2, -0.15) is 5.10 Å². The molecule has 1 unspecified atom stereocenters. The highest BCUT2D eigenvalue weighted by atomic mass is 16.3. The minimum atomic E-state index is -0.0482. The van der Waals surface area contributed by atoms with Crippen LogP contribution in [0.2, 0.25) is 0 Å². The van der Waals surface area contributed by atoms with Gasteiger partial charge in [-0.05, 0) is 13.8 Å². The molecule has 0 aromatic carbocycles. The van der Waals surface area contributed by atoms with Crippen molar-refractivity contribution in [3.05, 3.63) is 11.3 Å². The normalized spacial score (nSPS) is 12.6. The van der Waals surface area contributed by atoms with Crippen LogP contribution in [0, 0.1) is 12.3 Å². The molecule has 0 saturated heterocycles. The van der Waals surface area contributed by atoms with E-state index in [1.165, 1.54) is 0 Å². The van der Waals surface area contributed by atoms with Crippen molar-refractivity contribution in [2.45, 2.75) is 19.9 Å². The molecule has 0 saturated carbocycles. The van der Waals surface area contributed by atoms with Crippen LogP contribution >= 0.6 is 0 Å². The number of amidine groups is 1. The van der Waals surface area contributed by atoms with Gasteiger partial charge in [0, 0.05) is 14.1 Å². The van der Waals surface area contributed by atoms with E-state index in [4.69, 9.17) is 16.2 Å². The maximum Gasteiger partial charge on any atom is 0.137 e. The first kappa shape index (κ1) is 12.5. The van der Waals surface area contributed by atoms with Gasteiger partial charge in [0.25, 0.3) is 0 Å². The number of aliphatic hydroxyl groups excluding tert-OH is 1. The zero-order valence-electron chi connectivity index (χ0n) is 10.2. The molecule has 0 aliphatic rings. The van der Waals surface area contributed by atoms with Gasteiger partial charge in [0.15, 0.2) is 0 Å². The summed E-state index contributed by atoms with van der Waals surface area (Å²) >= 11 is 0. The average molecular weight is 225 g/mol. The van der Waals surface area contributed by atoms with Gasteiger partial charge in [0.2, 0.25) is 0 Å². The van der Waals surface area contributed by atoms with Crippen molar-refractivity contribution < 1.29 is 5.11 Å². The molecule has 6 heteroatoms. The van der Waals surface area contributed by atoms with Gasteiger partial charge in [-0.25, -0.2) is 0 Å². The van der Waals surface area contributed by atoms with E-state index in [9.17, 15) is 0 Å². The molecule has 1 atom stereocenters. The number of nitrogen functional groups attached to an aromatic ring is 1. The Morgan fingerprint density at radius 1 is 1.69 bits per heavy atom. The number of aromatic nitrogens is 2. The quantitative estimate of drug-likeness (QED) is 0.490. The fourth-order valence-electron chi connectivity index (χ4n) is 1.70. The monoisotopic (exact) mass is 225 g/mol. The Hall–Kier alpha value is -1.56. The number of aliphatic hydroxyl groups is 1. The highest BCUT2D eigenvalue weighted by Crippen LogP contribution is 2.23. The maximum absolute atomic E-state index is 9.14. The smallest absolute Gasteiger partial charge is 0.137 e. The minimum Gasteiger partial charge on any atom is -0.394 e. The van der Waals surface area contributed by atoms with Crippen molar-refractivity contribution in [3.8, 4) is 0 Å². The van der Waals surface area contributed by atoms with E-state index < -0.39 is 0 Å². The molecule has 16 heavy (non-hydrogen) atoms. The highest BCUT2D eigenvalue weighted by molar-refractivity contribution is 6.00. The predicted octanol–water partition coefficient (Wildman–Crippen LogP) is -0.170. The van der Waals surface area contributed by atoms with Crippen molar-refractivity contribution >= 4 is 11.7 Å². The van der Waals surface area contributed by atoms with Crippen LogP contribution in [0.1, 0.15) is 18.2 Å². The summed E-state index contributed by atoms with van der Waals surface area (Å²) in [5, 5.41) is 20.9. The number of hydrogen-bond acceptors (Lipinski definition) is 4. The van der Waals surface area contributed by atoms with Crippen molar-refractivity contribution in [3.63, 3.8) is 0 Å². The van der Waals surface area contributed by atoms with Crippen LogP contribution in [0.4, 0.5) is 5.82 Å². The van der Waals surface area contributed by atoms with E-state index in [-0.39, 0.29) is 18.5 Å². The van der Waals surface area contributed by atoms with Crippen molar-refractivity contribution in [2.24, 2.45) is 12.8 Å². The fourth-order valence-corrected chi connectivity index (χ4v) is 1.70. The predicted molar refractivity (Wildman–Crippen MR) is 63.9 cm³/mol. The molecule has 0 radical (unpaired) electrons. The second-order valence-electron chi connectivity index (χ2n) is 3.96. The van der Waals surface area contributed by atoms with Gasteiger partial charge in [0.1, 0.15) is 11.7 Å². The Labute approximate surface area is 95.2 Å². The number of anilines is 1. The van der Waals surface area contributed by atoms with E-state index >= 15 is 0 Å². The maximum atomic E-state index is 9.14. The van der Waals surface area contributed by atoms with Crippen molar-refractivity contribution in [2.75, 3.05) is 18.6 Å². The summed E-state index contributed by atoms with van der Waals surface area (Å²) in [5.74, 6) is 0.754. The average Bonchev–Trinajstić information content (AvgIpc) is 2.51. The topological polar surface area (TPSA) is 91.2 Å². The fraction of sp³-hybridized carbons (Fsp3) is 0.600. The number of rotatable bonds is 4. The van der Waals surface area contributed by atoms with Crippen molar-refractivity contribution in [1.82, 2.24) is 9.78 Å². The van der Waals surface area contributed by atoms with Gasteiger partial charge in [-0.15, -0.1) is 0 Å². The molecule has 4 N–H and O–H groups in total. The number of likely N-dealkylation sites (N-methyl/N-ethyl adjacent to an activating group) is 1. The lowest BCUT2D eigenvalue weighted by Gasteiger charge is -2.26. The Morgan fingerprint density at radius 2 is 2.25 bits per heavy atom. The van der Waals surface area contributed by atoms with Crippen LogP contribution in [0.25, 0.3) is 0 Å². The first-order chi connectivity index (χ1) is 7.40. The van der Waals surface area contributed by atoms with Crippen LogP contribution in [0.15, 0.2) is 0 Å². The lowest BCUT2D eigenvalue weighted by molar-refractivity contribution is 0.269. The SMILES string of the molecule is Cc1nn(C)c(N(C)C(C)CO)c1C(=N)N. The van der Waals surface area contributed by atoms with Crippen LogP contribution in [-0.4, -0.2) is 40.4 Å². The van der Waals surface area contributed by atoms with Crippen LogP contribution < -0.4 is 10.6 Å². The van der Waals surface area contributed by atoms with E-state index in [1.54, 1.807) is 11.7 Å². The van der Waals surface area contributed by atoms with Crippen LogP contribution in [0.3, 0.4) is 0 Å². The molecular formula is C10H19N5O. The van der Waals surface area contributed by atoms with E-state index in [0.29, 0.717) is 5.56 Å². The summed E-state index contributed by atoms with van der Waals surface area (Å²) in [6, 6.07) is -0.0482. The summed E-state index contributed by atoms with van der Waals surface area (Å²) in [6.07, 6.45) is 0. The lowest BCUT2D eigenvalue weighted by atomic mass is 10.2. The Balaban J connectivity index is 3.26. The third kappa shape index (κ3) is 2.01. The third-order valence-corrected chi connectivity index (χ3v) is 2.72. The molecule has 1 heterocycles. The first-order valence-electron chi connectivity index (χ1n) is 5.11.